The Morgan fingerprint density at radius 1 is 1.07 bits per heavy atom. The van der Waals surface area contributed by atoms with Gasteiger partial charge in [-0.1, -0.05) is 24.3 Å². The highest BCUT2D eigenvalue weighted by Crippen LogP contribution is 2.31. The maximum absolute atomic E-state index is 11.3. The molecule has 7 nitrogen and oxygen atoms in total. The Morgan fingerprint density at radius 2 is 1.80 bits per heavy atom. The molecular weight excluding hydrogens is 382 g/mol. The average Bonchev–Trinajstić information content (AvgIpc) is 3.23. The van der Waals surface area contributed by atoms with Crippen LogP contribution in [-0.2, 0) is 6.54 Å². The molecule has 0 spiro atoms. The number of nitrogens with one attached hydrogen (secondary N) is 1. The number of quaternary nitrogens is 1. The van der Waals surface area contributed by atoms with Gasteiger partial charge in [0.15, 0.2) is 5.76 Å². The lowest BCUT2D eigenvalue weighted by molar-refractivity contribution is -0.915. The predicted molar refractivity (Wildman–Crippen MR) is 115 cm³/mol. The largest absolute Gasteiger partial charge is 0.492 e. The van der Waals surface area contributed by atoms with E-state index in [9.17, 15) is 10.1 Å². The maximum Gasteiger partial charge on any atom is 0.280 e. The van der Waals surface area contributed by atoms with E-state index in [0.717, 1.165) is 49.9 Å². The van der Waals surface area contributed by atoms with Gasteiger partial charge in [0.1, 0.15) is 18.1 Å². The van der Waals surface area contributed by atoms with Crippen LogP contribution in [0.4, 0.5) is 11.4 Å². The lowest BCUT2D eigenvalue weighted by Crippen LogP contribution is -3.13. The summed E-state index contributed by atoms with van der Waals surface area (Å²) < 4.78 is 11.7. The highest BCUT2D eigenvalue weighted by molar-refractivity contribution is 5.69. The summed E-state index contributed by atoms with van der Waals surface area (Å²) >= 11 is 0. The number of anilines is 1. The molecule has 1 aromatic heterocycles. The molecule has 2 aromatic carbocycles. The summed E-state index contributed by atoms with van der Waals surface area (Å²) in [6, 6.07) is 18.6. The van der Waals surface area contributed by atoms with Gasteiger partial charge in [-0.2, -0.15) is 0 Å². The van der Waals surface area contributed by atoms with Crippen LogP contribution in [0.25, 0.3) is 11.3 Å². The monoisotopic (exact) mass is 408 g/mol. The van der Waals surface area contributed by atoms with Gasteiger partial charge >= 0.3 is 0 Å². The van der Waals surface area contributed by atoms with Crippen LogP contribution in [0.1, 0.15) is 12.7 Å². The molecule has 4 rings (SSSR count). The number of piperazine rings is 1. The first-order chi connectivity index (χ1) is 14.7. The molecule has 7 heteroatoms. The summed E-state index contributed by atoms with van der Waals surface area (Å²) in [7, 11) is 0. The third-order valence-electron chi connectivity index (χ3n) is 5.43. The van der Waals surface area contributed by atoms with E-state index in [2.05, 4.69) is 11.0 Å². The van der Waals surface area contributed by atoms with Gasteiger partial charge in [0.25, 0.3) is 5.69 Å². The minimum absolute atomic E-state index is 0.0623. The fraction of sp³-hybridized carbons (Fsp3) is 0.304. The fourth-order valence-electron chi connectivity index (χ4n) is 3.94. The van der Waals surface area contributed by atoms with E-state index in [1.54, 1.807) is 18.2 Å². The lowest BCUT2D eigenvalue weighted by Gasteiger charge is -2.34. The normalized spacial score (nSPS) is 14.6. The number of furan rings is 1. The second kappa shape index (κ2) is 9.00. The molecule has 156 valence electrons. The number of para-hydroxylation sites is 3. The second-order valence-corrected chi connectivity index (χ2v) is 7.35. The summed E-state index contributed by atoms with van der Waals surface area (Å²) in [5.74, 6) is 2.32. The van der Waals surface area contributed by atoms with Crippen LogP contribution in [0.2, 0.25) is 0 Å². The number of hydrogen-bond donors (Lipinski definition) is 1. The molecule has 0 bridgehead atoms. The van der Waals surface area contributed by atoms with Crippen LogP contribution in [-0.4, -0.2) is 37.7 Å². The van der Waals surface area contributed by atoms with E-state index in [0.29, 0.717) is 17.9 Å². The molecule has 1 fully saturated rings. The standard InChI is InChI=1S/C23H25N3O4/c1-2-29-23-10-6-5-9-21(23)25-15-13-24(14-16-25)17-18-11-12-22(30-18)19-7-3-4-8-20(19)26(27)28/h3-12H,2,13-17H2,1H3/p+1. The lowest BCUT2D eigenvalue weighted by atomic mass is 10.1. The summed E-state index contributed by atoms with van der Waals surface area (Å²) in [6.45, 7) is 7.28. The van der Waals surface area contributed by atoms with Crippen molar-refractivity contribution in [1.82, 2.24) is 0 Å². The molecule has 1 aliphatic heterocycles. The quantitative estimate of drug-likeness (QED) is 0.480. The summed E-state index contributed by atoms with van der Waals surface area (Å²) in [5, 5.41) is 11.3. The zero-order valence-electron chi connectivity index (χ0n) is 17.0. The minimum atomic E-state index is -0.373. The molecule has 1 N–H and O–H groups in total. The van der Waals surface area contributed by atoms with Gasteiger partial charge in [0.05, 0.1) is 49.0 Å². The number of hydrogen-bond acceptors (Lipinski definition) is 5. The van der Waals surface area contributed by atoms with Gasteiger partial charge in [-0.3, -0.25) is 10.1 Å². The maximum atomic E-state index is 11.3. The van der Waals surface area contributed by atoms with E-state index in [-0.39, 0.29) is 10.6 Å². The Kier molecular flexibility index (Phi) is 5.99. The molecule has 1 aliphatic rings. The van der Waals surface area contributed by atoms with Crippen LogP contribution in [0.5, 0.6) is 5.75 Å². The van der Waals surface area contributed by atoms with Crippen molar-refractivity contribution >= 4 is 11.4 Å². The van der Waals surface area contributed by atoms with Crippen molar-refractivity contribution in [3.63, 3.8) is 0 Å². The van der Waals surface area contributed by atoms with Crippen molar-refractivity contribution in [3.05, 3.63) is 76.5 Å². The van der Waals surface area contributed by atoms with E-state index >= 15 is 0 Å². The highest BCUT2D eigenvalue weighted by Gasteiger charge is 2.24. The SMILES string of the molecule is CCOc1ccccc1N1CC[NH+](Cc2ccc(-c3ccccc3[N+](=O)[O-])o2)CC1. The molecule has 3 aromatic rings. The van der Waals surface area contributed by atoms with Crippen molar-refractivity contribution in [3.8, 4) is 17.1 Å². The van der Waals surface area contributed by atoms with E-state index in [1.165, 1.54) is 11.0 Å². The minimum Gasteiger partial charge on any atom is -0.492 e. The Bertz CT molecular complexity index is 1010. The van der Waals surface area contributed by atoms with E-state index in [1.807, 2.05) is 37.3 Å². The van der Waals surface area contributed by atoms with Gasteiger partial charge < -0.3 is 19.0 Å². The van der Waals surface area contributed by atoms with Crippen LogP contribution in [0.15, 0.2) is 65.1 Å². The molecule has 0 radical (unpaired) electrons. The van der Waals surface area contributed by atoms with Crippen LogP contribution >= 0.6 is 0 Å². The highest BCUT2D eigenvalue weighted by atomic mass is 16.6. The fourth-order valence-corrected chi connectivity index (χ4v) is 3.94. The van der Waals surface area contributed by atoms with Gasteiger partial charge in [0, 0.05) is 6.07 Å². The van der Waals surface area contributed by atoms with Crippen molar-refractivity contribution in [2.24, 2.45) is 0 Å². The number of nitro groups is 1. The van der Waals surface area contributed by atoms with Gasteiger partial charge in [0.2, 0.25) is 0 Å². The van der Waals surface area contributed by atoms with Gasteiger partial charge in [-0.05, 0) is 37.3 Å². The molecule has 0 unspecified atom stereocenters. The molecule has 1 saturated heterocycles. The Hall–Kier alpha value is -3.32. The van der Waals surface area contributed by atoms with Gasteiger partial charge in [-0.25, -0.2) is 0 Å². The number of nitro benzene ring substituents is 1. The molecule has 0 amide bonds. The summed E-state index contributed by atoms with van der Waals surface area (Å²) in [5.41, 5.74) is 1.73. The molecular formula is C23H26N3O4+. The van der Waals surface area contributed by atoms with Crippen molar-refractivity contribution in [2.45, 2.75) is 13.5 Å². The Balaban J connectivity index is 1.40. The summed E-state index contributed by atoms with van der Waals surface area (Å²) in [4.78, 5) is 14.7. The number of benzene rings is 2. The van der Waals surface area contributed by atoms with Crippen molar-refractivity contribution < 1.29 is 19.0 Å². The molecule has 0 aliphatic carbocycles. The molecule has 2 heterocycles. The molecule has 0 saturated carbocycles. The average molecular weight is 408 g/mol. The van der Waals surface area contributed by atoms with Crippen molar-refractivity contribution in [2.75, 3.05) is 37.7 Å². The number of nitrogens with zero attached hydrogens (tertiary/aromatic N) is 2. The number of ether oxygens (including phenoxy) is 1. The van der Waals surface area contributed by atoms with E-state index < -0.39 is 0 Å². The molecule has 30 heavy (non-hydrogen) atoms. The third kappa shape index (κ3) is 4.31. The van der Waals surface area contributed by atoms with Crippen LogP contribution in [0, 0.1) is 10.1 Å². The topological polar surface area (TPSA) is 73.2 Å². The first-order valence-corrected chi connectivity index (χ1v) is 10.3. The first kappa shape index (κ1) is 20.0. The molecule has 0 atom stereocenters. The van der Waals surface area contributed by atoms with E-state index in [4.69, 9.17) is 9.15 Å². The zero-order valence-corrected chi connectivity index (χ0v) is 17.0. The van der Waals surface area contributed by atoms with Crippen LogP contribution in [0.3, 0.4) is 0 Å². The Labute approximate surface area is 175 Å². The second-order valence-electron chi connectivity index (χ2n) is 7.35. The van der Waals surface area contributed by atoms with Crippen molar-refractivity contribution in [1.29, 1.82) is 0 Å². The third-order valence-corrected chi connectivity index (χ3v) is 5.43. The smallest absolute Gasteiger partial charge is 0.280 e. The predicted octanol–water partition coefficient (Wildman–Crippen LogP) is 3.16. The Morgan fingerprint density at radius 3 is 2.57 bits per heavy atom. The van der Waals surface area contributed by atoms with Crippen LogP contribution < -0.4 is 14.5 Å². The first-order valence-electron chi connectivity index (χ1n) is 10.3. The zero-order chi connectivity index (χ0) is 20.9. The van der Waals surface area contributed by atoms with Gasteiger partial charge in [-0.15, -0.1) is 0 Å². The number of rotatable bonds is 7. The summed E-state index contributed by atoms with van der Waals surface area (Å²) in [6.07, 6.45) is 0.